The van der Waals surface area contributed by atoms with Gasteiger partial charge in [-0.15, -0.1) is 0 Å². The topological polar surface area (TPSA) is 87.0 Å². The first-order chi connectivity index (χ1) is 11.8. The van der Waals surface area contributed by atoms with E-state index in [2.05, 4.69) is 49.5 Å². The van der Waals surface area contributed by atoms with E-state index in [1.165, 1.54) is 5.56 Å². The van der Waals surface area contributed by atoms with E-state index in [1.54, 1.807) is 6.08 Å². The molecule has 0 atom stereocenters. The second-order valence-corrected chi connectivity index (χ2v) is 6.96. The van der Waals surface area contributed by atoms with Crippen molar-refractivity contribution in [1.29, 1.82) is 0 Å². The molecule has 0 spiro atoms. The Morgan fingerprint density at radius 3 is 2.32 bits per heavy atom. The van der Waals surface area contributed by atoms with Crippen LogP contribution >= 0.6 is 0 Å². The number of nitrogens with two attached hydrogens (primary N) is 2. The number of fused-ring (bicyclic) bond motifs is 1. The molecule has 0 aliphatic carbocycles. The van der Waals surface area contributed by atoms with Crippen LogP contribution in [0.2, 0.25) is 0 Å². The minimum Gasteiger partial charge on any atom is -0.456 e. The van der Waals surface area contributed by atoms with Crippen LogP contribution < -0.4 is 16.2 Å². The third kappa shape index (κ3) is 3.40. The summed E-state index contributed by atoms with van der Waals surface area (Å²) in [4.78, 5) is 8.30. The average Bonchev–Trinajstić information content (AvgIpc) is 2.53. The van der Waals surface area contributed by atoms with Gasteiger partial charge in [0.15, 0.2) is 0 Å². The summed E-state index contributed by atoms with van der Waals surface area (Å²) >= 11 is 0. The summed E-state index contributed by atoms with van der Waals surface area (Å²) in [5.41, 5.74) is 14.6. The summed E-state index contributed by atoms with van der Waals surface area (Å²) < 4.78 is 6.07. The van der Waals surface area contributed by atoms with Gasteiger partial charge in [0.25, 0.3) is 0 Å². The number of benzene rings is 2. The maximum atomic E-state index is 6.07. The van der Waals surface area contributed by atoms with E-state index >= 15 is 0 Å². The Bertz CT molecular complexity index is 941. The number of rotatable bonds is 3. The van der Waals surface area contributed by atoms with Gasteiger partial charge in [-0.1, -0.05) is 45.6 Å². The molecule has 2 aromatic carbocycles. The van der Waals surface area contributed by atoms with Gasteiger partial charge < -0.3 is 16.2 Å². The van der Waals surface area contributed by atoms with Gasteiger partial charge in [-0.2, -0.15) is 4.98 Å². The van der Waals surface area contributed by atoms with E-state index in [0.29, 0.717) is 28.2 Å². The first-order valence-electron chi connectivity index (χ1n) is 8.05. The van der Waals surface area contributed by atoms with Crippen LogP contribution in [0.15, 0.2) is 43.0 Å². The fourth-order valence-corrected chi connectivity index (χ4v) is 2.64. The van der Waals surface area contributed by atoms with Gasteiger partial charge in [-0.25, -0.2) is 4.98 Å². The van der Waals surface area contributed by atoms with Crippen LogP contribution in [0.1, 0.15) is 31.9 Å². The fraction of sp³-hybridized carbons (Fsp3) is 0.200. The maximum absolute atomic E-state index is 6.07. The van der Waals surface area contributed by atoms with Crippen LogP contribution in [0, 0.1) is 0 Å². The normalized spacial score (nSPS) is 11.5. The fourth-order valence-electron chi connectivity index (χ4n) is 2.64. The minimum absolute atomic E-state index is 0.0871. The van der Waals surface area contributed by atoms with Crippen molar-refractivity contribution in [2.24, 2.45) is 0 Å². The molecule has 3 rings (SSSR count). The summed E-state index contributed by atoms with van der Waals surface area (Å²) in [5, 5.41) is 0.639. The second-order valence-electron chi connectivity index (χ2n) is 6.96. The highest BCUT2D eigenvalue weighted by Gasteiger charge is 2.15. The third-order valence-electron chi connectivity index (χ3n) is 4.01. The number of nitrogens with zero attached hydrogens (tertiary/aromatic N) is 2. The zero-order valence-electron chi connectivity index (χ0n) is 14.7. The monoisotopic (exact) mass is 334 g/mol. The van der Waals surface area contributed by atoms with Crippen molar-refractivity contribution in [1.82, 2.24) is 9.97 Å². The average molecular weight is 334 g/mol. The molecule has 0 aliphatic heterocycles. The highest BCUT2D eigenvalue weighted by Crippen LogP contribution is 2.35. The predicted molar refractivity (Wildman–Crippen MR) is 104 cm³/mol. The lowest BCUT2D eigenvalue weighted by molar-refractivity contribution is 0.487. The first kappa shape index (κ1) is 16.8. The Morgan fingerprint density at radius 2 is 1.72 bits per heavy atom. The smallest absolute Gasteiger partial charge is 0.222 e. The van der Waals surface area contributed by atoms with Crippen molar-refractivity contribution in [2.75, 3.05) is 11.5 Å². The number of anilines is 2. The van der Waals surface area contributed by atoms with Crippen molar-refractivity contribution < 1.29 is 4.74 Å². The molecule has 4 N–H and O–H groups in total. The van der Waals surface area contributed by atoms with E-state index in [9.17, 15) is 0 Å². The third-order valence-corrected chi connectivity index (χ3v) is 4.01. The van der Waals surface area contributed by atoms with Crippen LogP contribution in [0.4, 0.5) is 11.8 Å². The Kier molecular flexibility index (Phi) is 4.08. The highest BCUT2D eigenvalue weighted by molar-refractivity contribution is 5.96. The van der Waals surface area contributed by atoms with Crippen molar-refractivity contribution in [2.45, 2.75) is 26.2 Å². The van der Waals surface area contributed by atoms with E-state index in [0.717, 1.165) is 5.56 Å². The molecule has 0 unspecified atom stereocenters. The van der Waals surface area contributed by atoms with Gasteiger partial charge in [0.1, 0.15) is 17.3 Å². The molecule has 1 aromatic heterocycles. The number of aromatic nitrogens is 2. The summed E-state index contributed by atoms with van der Waals surface area (Å²) in [5.74, 6) is 1.71. The maximum Gasteiger partial charge on any atom is 0.222 e. The second kappa shape index (κ2) is 6.09. The molecule has 0 aliphatic rings. The molecule has 0 bridgehead atoms. The van der Waals surface area contributed by atoms with Crippen molar-refractivity contribution >= 4 is 28.7 Å². The van der Waals surface area contributed by atoms with Crippen LogP contribution in [-0.4, -0.2) is 9.97 Å². The van der Waals surface area contributed by atoms with Gasteiger partial charge in [0.05, 0.1) is 10.9 Å². The van der Waals surface area contributed by atoms with Crippen LogP contribution in [-0.2, 0) is 5.41 Å². The zero-order chi connectivity index (χ0) is 18.2. The molecule has 0 radical (unpaired) electrons. The molecule has 0 amide bonds. The molecule has 3 aromatic rings. The molecular formula is C20H22N4O. The molecule has 0 saturated heterocycles. The van der Waals surface area contributed by atoms with Crippen LogP contribution in [0.5, 0.6) is 11.5 Å². The van der Waals surface area contributed by atoms with Gasteiger partial charge in [0, 0.05) is 0 Å². The SMILES string of the molecule is C=Cc1cc(Oc2ccc(C(C)(C)C)cc2)c2c(N)nc(N)nc2c1. The van der Waals surface area contributed by atoms with Crippen molar-refractivity contribution in [3.8, 4) is 11.5 Å². The van der Waals surface area contributed by atoms with E-state index in [1.807, 2.05) is 24.3 Å². The Balaban J connectivity index is 2.07. The molecule has 0 saturated carbocycles. The quantitative estimate of drug-likeness (QED) is 0.735. The molecule has 5 nitrogen and oxygen atoms in total. The number of hydrogen-bond acceptors (Lipinski definition) is 5. The predicted octanol–water partition coefficient (Wildman–Crippen LogP) is 4.53. The summed E-state index contributed by atoms with van der Waals surface area (Å²) in [7, 11) is 0. The van der Waals surface area contributed by atoms with E-state index in [-0.39, 0.29) is 11.4 Å². The number of ether oxygens (including phenoxy) is 1. The summed E-state index contributed by atoms with van der Waals surface area (Å²) in [6, 6.07) is 11.7. The van der Waals surface area contributed by atoms with Gasteiger partial charge in [-0.3, -0.25) is 0 Å². The molecule has 5 heteroatoms. The van der Waals surface area contributed by atoms with E-state index < -0.39 is 0 Å². The van der Waals surface area contributed by atoms with Gasteiger partial charge in [0.2, 0.25) is 5.95 Å². The largest absolute Gasteiger partial charge is 0.456 e. The van der Waals surface area contributed by atoms with Crippen molar-refractivity contribution in [3.63, 3.8) is 0 Å². The standard InChI is InChI=1S/C20H22N4O/c1-5-12-10-15-17(18(21)24-19(22)23-15)16(11-12)25-14-8-6-13(7-9-14)20(2,3)4/h5-11H,1H2,2-4H3,(H4,21,22,23,24). The molecule has 128 valence electrons. The van der Waals surface area contributed by atoms with Gasteiger partial charge >= 0.3 is 0 Å². The highest BCUT2D eigenvalue weighted by atomic mass is 16.5. The van der Waals surface area contributed by atoms with E-state index in [4.69, 9.17) is 16.2 Å². The molecule has 1 heterocycles. The lowest BCUT2D eigenvalue weighted by atomic mass is 9.87. The minimum atomic E-state index is 0.0871. The zero-order valence-corrected chi connectivity index (χ0v) is 14.7. The Labute approximate surface area is 147 Å². The number of nitrogen functional groups attached to an aromatic ring is 2. The first-order valence-corrected chi connectivity index (χ1v) is 8.05. The summed E-state index contributed by atoms with van der Waals surface area (Å²) in [6.07, 6.45) is 1.73. The Morgan fingerprint density at radius 1 is 1.04 bits per heavy atom. The lowest BCUT2D eigenvalue weighted by Crippen LogP contribution is -2.10. The van der Waals surface area contributed by atoms with Crippen LogP contribution in [0.25, 0.3) is 17.0 Å². The Hall–Kier alpha value is -3.08. The van der Waals surface area contributed by atoms with Crippen LogP contribution in [0.3, 0.4) is 0 Å². The summed E-state index contributed by atoms with van der Waals surface area (Å²) in [6.45, 7) is 10.3. The molecular weight excluding hydrogens is 312 g/mol. The molecule has 0 fully saturated rings. The van der Waals surface area contributed by atoms with Gasteiger partial charge in [-0.05, 0) is 40.8 Å². The number of hydrogen-bond donors (Lipinski definition) is 2. The molecule has 25 heavy (non-hydrogen) atoms. The lowest BCUT2D eigenvalue weighted by Gasteiger charge is -2.19. The van der Waals surface area contributed by atoms with Crippen molar-refractivity contribution in [3.05, 3.63) is 54.1 Å².